The lowest BCUT2D eigenvalue weighted by molar-refractivity contribution is 0.724. The van der Waals surface area contributed by atoms with Gasteiger partial charge in [0.05, 0.1) is 11.8 Å². The van der Waals surface area contributed by atoms with E-state index in [4.69, 9.17) is 10.2 Å². The zero-order valence-corrected chi connectivity index (χ0v) is 13.2. The summed E-state index contributed by atoms with van der Waals surface area (Å²) in [6, 6.07) is 7.68. The minimum Gasteiger partial charge on any atom is -0.355 e. The molecule has 0 atom stereocenters. The number of rotatable bonds is 2. The van der Waals surface area contributed by atoms with Crippen molar-refractivity contribution in [1.29, 1.82) is 5.26 Å². The lowest BCUT2D eigenvalue weighted by Gasteiger charge is -2.21. The minimum absolute atomic E-state index is 0.580. The number of pyridine rings is 1. The summed E-state index contributed by atoms with van der Waals surface area (Å²) in [5.41, 5.74) is 2.14. The van der Waals surface area contributed by atoms with E-state index in [1.54, 1.807) is 24.7 Å². The molecule has 7 nitrogen and oxygen atoms in total. The lowest BCUT2D eigenvalue weighted by atomic mass is 10.3. The first kappa shape index (κ1) is 14.6. The molecule has 120 valence electrons. The Morgan fingerprint density at radius 3 is 3.00 bits per heavy atom. The van der Waals surface area contributed by atoms with Gasteiger partial charge >= 0.3 is 0 Å². The molecular weight excluding hydrogens is 302 g/mol. The Balaban J connectivity index is 1.74. The van der Waals surface area contributed by atoms with Gasteiger partial charge in [-0.15, -0.1) is 0 Å². The smallest absolute Gasteiger partial charge is 0.180 e. The molecule has 1 N–H and O–H groups in total. The summed E-state index contributed by atoms with van der Waals surface area (Å²) in [5, 5.41) is 12.5. The van der Waals surface area contributed by atoms with Crippen LogP contribution in [-0.2, 0) is 0 Å². The van der Waals surface area contributed by atoms with Crippen molar-refractivity contribution >= 4 is 11.5 Å². The number of nitrogens with zero attached hydrogens (tertiary/aromatic N) is 6. The molecule has 3 aromatic heterocycles. The highest BCUT2D eigenvalue weighted by Gasteiger charge is 2.14. The second kappa shape index (κ2) is 6.26. The molecule has 1 saturated heterocycles. The Bertz CT molecular complexity index is 901. The molecule has 3 aromatic rings. The predicted octanol–water partition coefficient (Wildman–Crippen LogP) is 1.46. The average Bonchev–Trinajstić information content (AvgIpc) is 2.86. The van der Waals surface area contributed by atoms with Crippen molar-refractivity contribution < 1.29 is 0 Å². The Morgan fingerprint density at radius 1 is 1.12 bits per heavy atom. The van der Waals surface area contributed by atoms with Crippen molar-refractivity contribution in [3.05, 3.63) is 42.4 Å². The van der Waals surface area contributed by atoms with Crippen molar-refractivity contribution in [1.82, 2.24) is 24.7 Å². The van der Waals surface area contributed by atoms with Crippen LogP contribution in [0.3, 0.4) is 0 Å². The van der Waals surface area contributed by atoms with Crippen LogP contribution in [0, 0.1) is 11.3 Å². The predicted molar refractivity (Wildman–Crippen MR) is 90.6 cm³/mol. The van der Waals surface area contributed by atoms with Crippen LogP contribution in [0.2, 0.25) is 0 Å². The summed E-state index contributed by atoms with van der Waals surface area (Å²) in [6.45, 7) is 3.91. The third kappa shape index (κ3) is 2.68. The fourth-order valence-corrected chi connectivity index (χ4v) is 2.94. The maximum absolute atomic E-state index is 9.11. The normalized spacial score (nSPS) is 15.2. The summed E-state index contributed by atoms with van der Waals surface area (Å²) >= 11 is 0. The van der Waals surface area contributed by atoms with E-state index in [2.05, 4.69) is 26.3 Å². The monoisotopic (exact) mass is 319 g/mol. The SMILES string of the molecule is N#Cc1ccc2ncc(-c3nccc(N4CCCNCC4)n3)n2c1. The zero-order chi connectivity index (χ0) is 16.4. The Hall–Kier alpha value is -2.98. The largest absolute Gasteiger partial charge is 0.355 e. The number of nitrogens with one attached hydrogen (secondary N) is 1. The quantitative estimate of drug-likeness (QED) is 0.770. The van der Waals surface area contributed by atoms with Crippen LogP contribution >= 0.6 is 0 Å². The number of nitriles is 1. The van der Waals surface area contributed by atoms with Crippen molar-refractivity contribution in [2.24, 2.45) is 0 Å². The molecule has 1 aliphatic heterocycles. The second-order valence-corrected chi connectivity index (χ2v) is 5.73. The number of fused-ring (bicyclic) bond motifs is 1. The van der Waals surface area contributed by atoms with Gasteiger partial charge in [0.1, 0.15) is 23.2 Å². The third-order valence-electron chi connectivity index (χ3n) is 4.17. The van der Waals surface area contributed by atoms with Gasteiger partial charge in [0.25, 0.3) is 0 Å². The summed E-state index contributed by atoms with van der Waals surface area (Å²) in [4.78, 5) is 15.8. The van der Waals surface area contributed by atoms with Crippen molar-refractivity contribution in [3.8, 4) is 17.6 Å². The lowest BCUT2D eigenvalue weighted by Crippen LogP contribution is -2.28. The van der Waals surface area contributed by atoms with E-state index in [1.807, 2.05) is 16.5 Å². The van der Waals surface area contributed by atoms with Gasteiger partial charge in [-0.2, -0.15) is 5.26 Å². The van der Waals surface area contributed by atoms with E-state index in [1.165, 1.54) is 0 Å². The maximum atomic E-state index is 9.11. The minimum atomic E-state index is 0.580. The first-order chi connectivity index (χ1) is 11.8. The molecule has 4 heterocycles. The molecule has 0 saturated carbocycles. The van der Waals surface area contributed by atoms with Crippen LogP contribution in [0.25, 0.3) is 17.2 Å². The molecule has 0 bridgehead atoms. The van der Waals surface area contributed by atoms with Crippen LogP contribution in [0.15, 0.2) is 36.8 Å². The fraction of sp³-hybridized carbons (Fsp3) is 0.294. The number of hydrogen-bond donors (Lipinski definition) is 1. The molecule has 0 amide bonds. The molecular formula is C17H17N7. The number of hydrogen-bond acceptors (Lipinski definition) is 6. The molecule has 0 aliphatic carbocycles. The molecule has 7 heteroatoms. The Labute approximate surface area is 139 Å². The highest BCUT2D eigenvalue weighted by atomic mass is 15.2. The first-order valence-corrected chi connectivity index (χ1v) is 8.01. The number of anilines is 1. The Morgan fingerprint density at radius 2 is 2.08 bits per heavy atom. The molecule has 0 spiro atoms. The molecule has 0 radical (unpaired) electrons. The maximum Gasteiger partial charge on any atom is 0.180 e. The van der Waals surface area contributed by atoms with Crippen molar-refractivity contribution in [3.63, 3.8) is 0 Å². The standard InChI is InChI=1S/C17H17N7/c18-10-13-2-3-15-21-11-14(24(15)12-13)17-20-6-4-16(22-17)23-8-1-5-19-7-9-23/h2-4,6,11-12,19H,1,5,7-9H2. The molecule has 24 heavy (non-hydrogen) atoms. The van der Waals surface area contributed by atoms with Gasteiger partial charge in [-0.05, 0) is 31.2 Å². The summed E-state index contributed by atoms with van der Waals surface area (Å²) in [6.07, 6.45) is 6.40. The number of imidazole rings is 1. The fourth-order valence-electron chi connectivity index (χ4n) is 2.94. The summed E-state index contributed by atoms with van der Waals surface area (Å²) in [7, 11) is 0. The van der Waals surface area contributed by atoms with Gasteiger partial charge in [-0.1, -0.05) is 0 Å². The van der Waals surface area contributed by atoms with Crippen LogP contribution in [0.4, 0.5) is 5.82 Å². The van der Waals surface area contributed by atoms with Crippen molar-refractivity contribution in [2.75, 3.05) is 31.1 Å². The Kier molecular flexibility index (Phi) is 3.81. The van der Waals surface area contributed by atoms with Crippen LogP contribution in [-0.4, -0.2) is 45.5 Å². The highest BCUT2D eigenvalue weighted by molar-refractivity contribution is 5.59. The van der Waals surface area contributed by atoms with E-state index in [9.17, 15) is 0 Å². The zero-order valence-electron chi connectivity index (χ0n) is 13.2. The number of aromatic nitrogens is 4. The molecule has 1 aliphatic rings. The summed E-state index contributed by atoms with van der Waals surface area (Å²) < 4.78 is 1.86. The third-order valence-corrected chi connectivity index (χ3v) is 4.17. The second-order valence-electron chi connectivity index (χ2n) is 5.73. The van der Waals surface area contributed by atoms with Gasteiger partial charge in [0.2, 0.25) is 0 Å². The van der Waals surface area contributed by atoms with Gasteiger partial charge in [-0.3, -0.25) is 4.40 Å². The van der Waals surface area contributed by atoms with Gasteiger partial charge < -0.3 is 10.2 Å². The first-order valence-electron chi connectivity index (χ1n) is 8.01. The van der Waals surface area contributed by atoms with Gasteiger partial charge in [-0.25, -0.2) is 15.0 Å². The van der Waals surface area contributed by atoms with Gasteiger partial charge in [0.15, 0.2) is 5.82 Å². The molecule has 4 rings (SSSR count). The van der Waals surface area contributed by atoms with Gasteiger partial charge in [0, 0.05) is 32.0 Å². The van der Waals surface area contributed by atoms with Crippen molar-refractivity contribution in [2.45, 2.75) is 6.42 Å². The average molecular weight is 319 g/mol. The van der Waals surface area contributed by atoms with Crippen LogP contribution in [0.5, 0.6) is 0 Å². The van der Waals surface area contributed by atoms with Crippen LogP contribution < -0.4 is 10.2 Å². The summed E-state index contributed by atoms with van der Waals surface area (Å²) in [5.74, 6) is 1.54. The molecule has 0 unspecified atom stereocenters. The van der Waals surface area contributed by atoms with E-state index in [-0.39, 0.29) is 0 Å². The molecule has 0 aromatic carbocycles. The molecule has 1 fully saturated rings. The van der Waals surface area contributed by atoms with E-state index in [0.717, 1.165) is 49.8 Å². The topological polar surface area (TPSA) is 82.1 Å². The van der Waals surface area contributed by atoms with E-state index in [0.29, 0.717) is 11.4 Å². The van der Waals surface area contributed by atoms with E-state index >= 15 is 0 Å². The van der Waals surface area contributed by atoms with Crippen LogP contribution in [0.1, 0.15) is 12.0 Å². The van der Waals surface area contributed by atoms with E-state index < -0.39 is 0 Å². The highest BCUT2D eigenvalue weighted by Crippen LogP contribution is 2.20.